The van der Waals surface area contributed by atoms with Gasteiger partial charge in [-0.05, 0) is 12.5 Å². The van der Waals surface area contributed by atoms with Crippen molar-refractivity contribution in [1.82, 2.24) is 9.97 Å². The highest BCUT2D eigenvalue weighted by atomic mass is 32.2. The number of aryl methyl sites for hydroxylation is 1. The van der Waals surface area contributed by atoms with Crippen molar-refractivity contribution in [3.05, 3.63) is 18.1 Å². The van der Waals surface area contributed by atoms with Crippen LogP contribution in [-0.4, -0.2) is 29.9 Å². The summed E-state index contributed by atoms with van der Waals surface area (Å²) < 4.78 is 21.4. The van der Waals surface area contributed by atoms with E-state index in [1.807, 2.05) is 13.0 Å². The van der Waals surface area contributed by atoms with Crippen molar-refractivity contribution in [2.75, 3.05) is 11.5 Å². The molecule has 2 N–H and O–H groups in total. The molecule has 0 saturated carbocycles. The summed E-state index contributed by atoms with van der Waals surface area (Å²) in [5.74, 6) is 0.377. The molecule has 0 atom stereocenters. The smallest absolute Gasteiger partial charge is 0.209 e. The van der Waals surface area contributed by atoms with E-state index in [2.05, 4.69) is 9.97 Å². The second kappa shape index (κ2) is 5.43. The third-order valence-corrected chi connectivity index (χ3v) is 3.64. The third-order valence-electron chi connectivity index (χ3n) is 1.68. The molecule has 0 spiro atoms. The molecule has 7 heteroatoms. The standard InChI is InChI=1S/C8H13N3O2S2/c1-2-7-5-8(11-6-10-7)14-3-4-15(9,12)13/h5-6H,2-4H2,1H3,(H2,9,12,13). The van der Waals surface area contributed by atoms with Crippen molar-refractivity contribution in [2.45, 2.75) is 18.4 Å². The fourth-order valence-corrected chi connectivity index (χ4v) is 2.72. The molecule has 0 amide bonds. The average molecular weight is 247 g/mol. The second-order valence-electron chi connectivity index (χ2n) is 2.92. The Morgan fingerprint density at radius 3 is 2.80 bits per heavy atom. The third kappa shape index (κ3) is 5.10. The number of sulfonamides is 1. The van der Waals surface area contributed by atoms with E-state index in [4.69, 9.17) is 5.14 Å². The Bertz CT molecular complexity index is 420. The van der Waals surface area contributed by atoms with Crippen molar-refractivity contribution in [2.24, 2.45) is 5.14 Å². The molecule has 1 aromatic rings. The first-order valence-electron chi connectivity index (χ1n) is 4.45. The minimum absolute atomic E-state index is 0.0386. The summed E-state index contributed by atoms with van der Waals surface area (Å²) in [5, 5.41) is 5.66. The fourth-order valence-electron chi connectivity index (χ4n) is 0.912. The highest BCUT2D eigenvalue weighted by Gasteiger charge is 2.04. The van der Waals surface area contributed by atoms with E-state index in [1.54, 1.807) is 0 Å². The van der Waals surface area contributed by atoms with Gasteiger partial charge in [-0.25, -0.2) is 23.5 Å². The molecule has 0 saturated heterocycles. The molecule has 0 unspecified atom stereocenters. The van der Waals surface area contributed by atoms with E-state index in [9.17, 15) is 8.42 Å². The second-order valence-corrected chi connectivity index (χ2v) is 5.77. The van der Waals surface area contributed by atoms with Gasteiger partial charge in [0.15, 0.2) is 0 Å². The van der Waals surface area contributed by atoms with Gasteiger partial charge < -0.3 is 0 Å². The molecule has 0 aliphatic rings. The Hall–Kier alpha value is -0.660. The van der Waals surface area contributed by atoms with Crippen LogP contribution in [0.4, 0.5) is 0 Å². The normalized spacial score (nSPS) is 11.6. The number of hydrogen-bond acceptors (Lipinski definition) is 5. The summed E-state index contributed by atoms with van der Waals surface area (Å²) in [4.78, 5) is 8.07. The van der Waals surface area contributed by atoms with Gasteiger partial charge in [0.05, 0.1) is 10.8 Å². The lowest BCUT2D eigenvalue weighted by Gasteiger charge is -2.01. The van der Waals surface area contributed by atoms with Crippen LogP contribution in [0.15, 0.2) is 17.4 Å². The van der Waals surface area contributed by atoms with Gasteiger partial charge in [0, 0.05) is 11.4 Å². The molecule has 1 rings (SSSR count). The maximum Gasteiger partial charge on any atom is 0.209 e. The van der Waals surface area contributed by atoms with Crippen LogP contribution in [0.2, 0.25) is 0 Å². The molecule has 0 aromatic carbocycles. The molecule has 0 aliphatic carbocycles. The monoisotopic (exact) mass is 247 g/mol. The highest BCUT2D eigenvalue weighted by Crippen LogP contribution is 2.15. The summed E-state index contributed by atoms with van der Waals surface area (Å²) in [6.45, 7) is 2.00. The maximum absolute atomic E-state index is 10.7. The van der Waals surface area contributed by atoms with E-state index in [0.29, 0.717) is 5.75 Å². The number of hydrogen-bond donors (Lipinski definition) is 1. The highest BCUT2D eigenvalue weighted by molar-refractivity contribution is 8.00. The summed E-state index contributed by atoms with van der Waals surface area (Å²) in [5.41, 5.74) is 0.947. The zero-order valence-corrected chi connectivity index (χ0v) is 10.0. The largest absolute Gasteiger partial charge is 0.241 e. The van der Waals surface area contributed by atoms with Crippen molar-refractivity contribution in [3.8, 4) is 0 Å². The van der Waals surface area contributed by atoms with Gasteiger partial charge >= 0.3 is 0 Å². The molecule has 1 aromatic heterocycles. The van der Waals surface area contributed by atoms with Crippen LogP contribution < -0.4 is 5.14 Å². The van der Waals surface area contributed by atoms with Crippen LogP contribution in [0.25, 0.3) is 0 Å². The molecule has 0 radical (unpaired) electrons. The Balaban J connectivity index is 2.51. The van der Waals surface area contributed by atoms with Crippen LogP contribution in [0.1, 0.15) is 12.6 Å². The number of nitrogens with zero attached hydrogens (tertiary/aromatic N) is 2. The number of nitrogens with two attached hydrogens (primary N) is 1. The SMILES string of the molecule is CCc1cc(SCCS(N)(=O)=O)ncn1. The number of aromatic nitrogens is 2. The summed E-state index contributed by atoms with van der Waals surface area (Å²) in [6.07, 6.45) is 2.32. The van der Waals surface area contributed by atoms with Crippen LogP contribution in [0, 0.1) is 0 Å². The molecule has 15 heavy (non-hydrogen) atoms. The number of primary sulfonamides is 1. The first-order valence-corrected chi connectivity index (χ1v) is 7.15. The Labute approximate surface area is 93.6 Å². The van der Waals surface area contributed by atoms with Gasteiger partial charge in [-0.1, -0.05) is 6.92 Å². The summed E-state index contributed by atoms with van der Waals surface area (Å²) >= 11 is 1.37. The Morgan fingerprint density at radius 1 is 1.47 bits per heavy atom. The predicted molar refractivity (Wildman–Crippen MR) is 60.1 cm³/mol. The Kier molecular flexibility index (Phi) is 4.49. The van der Waals surface area contributed by atoms with Gasteiger partial charge in [-0.3, -0.25) is 0 Å². The molecule has 5 nitrogen and oxygen atoms in total. The minimum Gasteiger partial charge on any atom is -0.241 e. The van der Waals surface area contributed by atoms with Crippen LogP contribution >= 0.6 is 11.8 Å². The zero-order valence-electron chi connectivity index (χ0n) is 8.38. The maximum atomic E-state index is 10.7. The molecule has 1 heterocycles. The van der Waals surface area contributed by atoms with Gasteiger partial charge in [-0.15, -0.1) is 11.8 Å². The quantitative estimate of drug-likeness (QED) is 0.602. The van der Waals surface area contributed by atoms with Gasteiger partial charge in [0.1, 0.15) is 6.33 Å². The van der Waals surface area contributed by atoms with E-state index in [1.165, 1.54) is 18.1 Å². The molecule has 0 bridgehead atoms. The van der Waals surface area contributed by atoms with Crippen LogP contribution in [-0.2, 0) is 16.4 Å². The van der Waals surface area contributed by atoms with E-state index in [-0.39, 0.29) is 5.75 Å². The fraction of sp³-hybridized carbons (Fsp3) is 0.500. The molecule has 0 aliphatic heterocycles. The molecular formula is C8H13N3O2S2. The molecule has 0 fully saturated rings. The van der Waals surface area contributed by atoms with Crippen LogP contribution in [0.3, 0.4) is 0 Å². The summed E-state index contributed by atoms with van der Waals surface area (Å²) in [7, 11) is -3.37. The van der Waals surface area contributed by atoms with Crippen LogP contribution in [0.5, 0.6) is 0 Å². The number of rotatable bonds is 5. The van der Waals surface area contributed by atoms with Gasteiger partial charge in [0.25, 0.3) is 0 Å². The van der Waals surface area contributed by atoms with Gasteiger partial charge in [-0.2, -0.15) is 0 Å². The first-order chi connectivity index (χ1) is 7.01. The zero-order chi connectivity index (χ0) is 11.3. The Morgan fingerprint density at radius 2 is 2.20 bits per heavy atom. The van der Waals surface area contributed by atoms with Crippen molar-refractivity contribution >= 4 is 21.8 Å². The molecule has 84 valence electrons. The average Bonchev–Trinajstić information content (AvgIpc) is 2.16. The molecular weight excluding hydrogens is 234 g/mol. The topological polar surface area (TPSA) is 85.9 Å². The lowest BCUT2D eigenvalue weighted by molar-refractivity contribution is 0.599. The van der Waals surface area contributed by atoms with Crippen molar-refractivity contribution < 1.29 is 8.42 Å². The van der Waals surface area contributed by atoms with E-state index >= 15 is 0 Å². The minimum atomic E-state index is -3.37. The van der Waals surface area contributed by atoms with E-state index in [0.717, 1.165) is 17.1 Å². The summed E-state index contributed by atoms with van der Waals surface area (Å²) in [6, 6.07) is 1.85. The lowest BCUT2D eigenvalue weighted by Crippen LogP contribution is -2.17. The van der Waals surface area contributed by atoms with Gasteiger partial charge in [0.2, 0.25) is 10.0 Å². The van der Waals surface area contributed by atoms with Crippen molar-refractivity contribution in [1.29, 1.82) is 0 Å². The first kappa shape index (κ1) is 12.4. The lowest BCUT2D eigenvalue weighted by atomic mass is 10.3. The predicted octanol–water partition coefficient (Wildman–Crippen LogP) is 0.420. The van der Waals surface area contributed by atoms with Crippen molar-refractivity contribution in [3.63, 3.8) is 0 Å². The van der Waals surface area contributed by atoms with E-state index < -0.39 is 10.0 Å². The number of thioether (sulfide) groups is 1.